The summed E-state index contributed by atoms with van der Waals surface area (Å²) in [5.41, 5.74) is 7.82. The molecule has 0 radical (unpaired) electrons. The minimum atomic E-state index is -1.08. The topological polar surface area (TPSA) is 155 Å². The molecule has 45 heavy (non-hydrogen) atoms. The molecule has 0 saturated carbocycles. The summed E-state index contributed by atoms with van der Waals surface area (Å²) in [4.78, 5) is 67.8. The maximum absolute atomic E-state index is 13.9. The van der Waals surface area contributed by atoms with Crippen LogP contribution in [0.3, 0.4) is 0 Å². The monoisotopic (exact) mass is 608 g/mol. The van der Waals surface area contributed by atoms with Crippen LogP contribution in [-0.4, -0.2) is 55.7 Å². The van der Waals surface area contributed by atoms with E-state index < -0.39 is 11.4 Å². The van der Waals surface area contributed by atoms with Gasteiger partial charge in [-0.25, -0.2) is 9.78 Å². The highest BCUT2D eigenvalue weighted by atomic mass is 16.5. The molecule has 1 unspecified atom stereocenters. The second-order valence-corrected chi connectivity index (χ2v) is 12.4. The van der Waals surface area contributed by atoms with Gasteiger partial charge in [-0.3, -0.25) is 19.4 Å². The number of H-pyrrole nitrogens is 2. The number of aryl methyl sites for hydroxylation is 2. The fourth-order valence-electron chi connectivity index (χ4n) is 6.91. The number of esters is 1. The van der Waals surface area contributed by atoms with Crippen LogP contribution in [0.25, 0.3) is 28.1 Å². The highest BCUT2D eigenvalue weighted by molar-refractivity contribution is 6.13. The number of aliphatic carboxylic acids is 1. The fraction of sp³-hybridized carbons (Fsp3) is 0.371. The van der Waals surface area contributed by atoms with E-state index in [4.69, 9.17) is 14.7 Å². The number of hydrogen-bond acceptors (Lipinski definition) is 7. The molecule has 3 N–H and O–H groups in total. The lowest BCUT2D eigenvalue weighted by atomic mass is 9.80. The quantitative estimate of drug-likeness (QED) is 0.222. The Kier molecular flexibility index (Phi) is 7.34. The molecule has 0 fully saturated rings. The molecule has 0 aromatic carbocycles. The average Bonchev–Trinajstić information content (AvgIpc) is 3.74. The highest BCUT2D eigenvalue weighted by Gasteiger charge is 2.41. The van der Waals surface area contributed by atoms with Crippen molar-refractivity contribution in [3.05, 3.63) is 74.9 Å². The summed E-state index contributed by atoms with van der Waals surface area (Å²) in [5.74, 6) is -1.77. The SMILES string of the molecule is CCC1(C)C(=O)c2cc3[nH]c4c(c5nc(cc6[nH]c(cc1n2)c(/C=C/C(=O)O)c6C)[C@@H](C)[C@@H]5CCC(=O)OC)CC(=O)c4c3C. The zero-order valence-electron chi connectivity index (χ0n) is 26.3. The number of methoxy groups -OCH3 is 1. The van der Waals surface area contributed by atoms with Gasteiger partial charge in [0.1, 0.15) is 5.69 Å². The number of fused-ring (bicyclic) bond motifs is 8. The van der Waals surface area contributed by atoms with E-state index in [-0.39, 0.29) is 47.9 Å². The van der Waals surface area contributed by atoms with Gasteiger partial charge in [0.25, 0.3) is 0 Å². The Bertz CT molecular complexity index is 2020. The summed E-state index contributed by atoms with van der Waals surface area (Å²) in [6, 6.07) is 5.50. The van der Waals surface area contributed by atoms with Gasteiger partial charge in [0.15, 0.2) is 11.6 Å². The van der Waals surface area contributed by atoms with Gasteiger partial charge in [0.05, 0.1) is 29.4 Å². The first-order chi connectivity index (χ1) is 21.4. The van der Waals surface area contributed by atoms with Crippen LogP contribution in [0.5, 0.6) is 0 Å². The standard InChI is InChI=1S/C35H36N4O6/c1-7-35(5)28-15-25-19(8-10-29(41)42)16(2)22(36-25)13-23-17(3)20(9-11-30(43)45-6)32(38-23)21-12-27(40)31-18(4)24(39-33(21)31)14-26(37-28)34(35)44/h8,10,13-15,17,20,36,39H,7,9,11-12H2,1-6H3,(H,41,42)/b10-8+,22-13?,23-13?,24-14?,25-15?,26-14?,28-15?,32-21?/t17-,20-,35?/m0/s1. The van der Waals surface area contributed by atoms with E-state index in [0.717, 1.165) is 39.7 Å². The molecule has 2 aliphatic heterocycles. The van der Waals surface area contributed by atoms with Gasteiger partial charge in [0, 0.05) is 69.7 Å². The van der Waals surface area contributed by atoms with Gasteiger partial charge in [-0.2, -0.15) is 0 Å². The Hall–Kier alpha value is -4.86. The van der Waals surface area contributed by atoms with Crippen LogP contribution in [0.15, 0.2) is 24.3 Å². The lowest BCUT2D eigenvalue weighted by Crippen LogP contribution is -2.27. The molecular weight excluding hydrogens is 572 g/mol. The number of carbonyl (C=O) groups excluding carboxylic acids is 3. The lowest BCUT2D eigenvalue weighted by Gasteiger charge is -2.19. The van der Waals surface area contributed by atoms with Crippen LogP contribution in [0.4, 0.5) is 0 Å². The molecular formula is C35H36N4O6. The maximum Gasteiger partial charge on any atom is 0.328 e. The van der Waals surface area contributed by atoms with Crippen LogP contribution in [0.2, 0.25) is 0 Å². The number of ether oxygens (including phenoxy) is 1. The molecule has 5 heterocycles. The van der Waals surface area contributed by atoms with E-state index in [2.05, 4.69) is 16.9 Å². The minimum absolute atomic E-state index is 0.0209. The van der Waals surface area contributed by atoms with Crippen molar-refractivity contribution in [3.63, 3.8) is 0 Å². The van der Waals surface area contributed by atoms with Crippen molar-refractivity contribution in [3.8, 4) is 0 Å². The molecule has 1 aliphatic carbocycles. The van der Waals surface area contributed by atoms with Crippen molar-refractivity contribution in [1.82, 2.24) is 19.9 Å². The zero-order chi connectivity index (χ0) is 32.4. The highest BCUT2D eigenvalue weighted by Crippen LogP contribution is 2.44. The number of nitrogens with zero attached hydrogens (tertiary/aromatic N) is 2. The molecule has 232 valence electrons. The Balaban J connectivity index is 1.75. The zero-order valence-corrected chi connectivity index (χ0v) is 26.3. The van der Waals surface area contributed by atoms with E-state index in [0.29, 0.717) is 46.2 Å². The van der Waals surface area contributed by atoms with Crippen LogP contribution >= 0.6 is 0 Å². The first-order valence-corrected chi connectivity index (χ1v) is 15.2. The third kappa shape index (κ3) is 4.79. The third-order valence-electron chi connectivity index (χ3n) is 9.94. The summed E-state index contributed by atoms with van der Waals surface area (Å²) in [6.45, 7) is 9.65. The molecule has 10 heteroatoms. The summed E-state index contributed by atoms with van der Waals surface area (Å²) >= 11 is 0. The number of carbonyl (C=O) groups is 4. The van der Waals surface area contributed by atoms with Crippen molar-refractivity contribution in [1.29, 1.82) is 0 Å². The molecule has 10 nitrogen and oxygen atoms in total. The number of carboxylic acids is 1. The van der Waals surface area contributed by atoms with Gasteiger partial charge < -0.3 is 19.8 Å². The number of rotatable bonds is 6. The van der Waals surface area contributed by atoms with E-state index in [1.807, 2.05) is 39.8 Å². The minimum Gasteiger partial charge on any atom is -0.478 e. The number of nitrogens with one attached hydrogen (secondary N) is 2. The van der Waals surface area contributed by atoms with Crippen molar-refractivity contribution >= 4 is 51.6 Å². The normalized spacial score (nSPS) is 20.8. The average molecular weight is 609 g/mol. The lowest BCUT2D eigenvalue weighted by molar-refractivity contribution is -0.140. The molecule has 0 spiro atoms. The summed E-state index contributed by atoms with van der Waals surface area (Å²) in [6.07, 6.45) is 4.03. The Morgan fingerprint density at radius 1 is 1.09 bits per heavy atom. The summed E-state index contributed by atoms with van der Waals surface area (Å²) in [7, 11) is 1.37. The van der Waals surface area contributed by atoms with Crippen LogP contribution in [0.1, 0.15) is 112 Å². The Labute approximate surface area is 260 Å². The largest absolute Gasteiger partial charge is 0.478 e. The van der Waals surface area contributed by atoms with Crippen LogP contribution in [0, 0.1) is 13.8 Å². The molecule has 3 aromatic heterocycles. The first-order valence-electron chi connectivity index (χ1n) is 15.2. The molecule has 0 saturated heterocycles. The van der Waals surface area contributed by atoms with Crippen molar-refractivity contribution in [2.24, 2.45) is 0 Å². The van der Waals surface area contributed by atoms with E-state index in [1.54, 1.807) is 12.1 Å². The van der Waals surface area contributed by atoms with Gasteiger partial charge >= 0.3 is 11.9 Å². The van der Waals surface area contributed by atoms with Crippen LogP contribution in [-0.2, 0) is 26.2 Å². The second kappa shape index (κ2) is 10.9. The molecule has 3 atom stereocenters. The Morgan fingerprint density at radius 2 is 1.82 bits per heavy atom. The molecule has 0 amide bonds. The van der Waals surface area contributed by atoms with E-state index >= 15 is 0 Å². The number of ketones is 2. The number of aromatic amines is 2. The van der Waals surface area contributed by atoms with Gasteiger partial charge in [-0.05, 0) is 69.0 Å². The summed E-state index contributed by atoms with van der Waals surface area (Å²) in [5, 5.41) is 9.42. The van der Waals surface area contributed by atoms with Crippen LogP contribution < -0.4 is 0 Å². The molecule has 3 aliphatic rings. The van der Waals surface area contributed by atoms with Gasteiger partial charge in [-0.15, -0.1) is 0 Å². The Morgan fingerprint density at radius 3 is 2.51 bits per heavy atom. The molecule has 3 aromatic rings. The predicted octanol–water partition coefficient (Wildman–Crippen LogP) is 6.16. The van der Waals surface area contributed by atoms with Crippen molar-refractivity contribution in [2.45, 2.75) is 77.6 Å². The number of aromatic nitrogens is 4. The van der Waals surface area contributed by atoms with Gasteiger partial charge in [0.2, 0.25) is 0 Å². The van der Waals surface area contributed by atoms with Crippen molar-refractivity contribution < 1.29 is 29.0 Å². The third-order valence-corrected chi connectivity index (χ3v) is 9.94. The first kappa shape index (κ1) is 30.2. The smallest absolute Gasteiger partial charge is 0.328 e. The molecule has 8 bridgehead atoms. The maximum atomic E-state index is 13.9. The second-order valence-electron chi connectivity index (χ2n) is 12.4. The summed E-state index contributed by atoms with van der Waals surface area (Å²) < 4.78 is 4.93. The number of hydrogen-bond donors (Lipinski definition) is 3. The van der Waals surface area contributed by atoms with Gasteiger partial charge in [-0.1, -0.05) is 13.8 Å². The number of carboxylic acid groups (broad SMARTS) is 1. The molecule has 6 rings (SSSR count). The van der Waals surface area contributed by atoms with Crippen molar-refractivity contribution in [2.75, 3.05) is 7.11 Å². The van der Waals surface area contributed by atoms with E-state index in [1.165, 1.54) is 7.11 Å². The van der Waals surface area contributed by atoms with E-state index in [9.17, 15) is 24.3 Å². The number of Topliss-reactive ketones (excluding diaryl/α,β-unsaturated/α-hetero) is 2. The predicted molar refractivity (Wildman–Crippen MR) is 170 cm³/mol. The fourth-order valence-corrected chi connectivity index (χ4v) is 6.91.